The Hall–Kier alpha value is -1.86. The number of Topliss-reactive ketones (excluding diaryl/α,β-unsaturated/α-hetero) is 1. The lowest BCUT2D eigenvalue weighted by molar-refractivity contribution is -0.000458. The van der Waals surface area contributed by atoms with Crippen LogP contribution in [-0.2, 0) is 0 Å². The maximum atomic E-state index is 12.7. The quantitative estimate of drug-likeness (QED) is 0.794. The van der Waals surface area contributed by atoms with E-state index in [1.807, 2.05) is 19.9 Å². The molecule has 1 aromatic rings. The molecule has 4 nitrogen and oxygen atoms in total. The third-order valence-corrected chi connectivity index (χ3v) is 5.03. The number of nitrogens with zero attached hydrogens (tertiary/aromatic N) is 1. The Kier molecular flexibility index (Phi) is 3.26. The van der Waals surface area contributed by atoms with Crippen LogP contribution in [0.1, 0.15) is 59.2 Å². The Morgan fingerprint density at radius 3 is 2.62 bits per heavy atom. The minimum atomic E-state index is -0.626. The highest BCUT2D eigenvalue weighted by molar-refractivity contribution is 6.05. The number of ketones is 1. The molecule has 0 saturated heterocycles. The topological polar surface area (TPSA) is 76.1 Å². The second-order valence-electron chi connectivity index (χ2n) is 6.25. The fourth-order valence-corrected chi connectivity index (χ4v) is 3.55. The molecule has 1 aromatic carbocycles. The van der Waals surface area contributed by atoms with Crippen molar-refractivity contribution in [3.8, 4) is 11.8 Å². The van der Waals surface area contributed by atoms with Gasteiger partial charge in [0.25, 0.3) is 0 Å². The van der Waals surface area contributed by atoms with Gasteiger partial charge in [-0.2, -0.15) is 5.26 Å². The smallest absolute Gasteiger partial charge is 0.187 e. The van der Waals surface area contributed by atoms with Crippen LogP contribution >= 0.6 is 0 Å². The standard InChI is InChI=1S/C17H20N2O2/c1-10-8-12-14(20)16(19)17(6-4-3-5-7-17)21-15(12)13(9-18)11(10)2/h8,16H,3-7,19H2,1-2H3. The van der Waals surface area contributed by atoms with E-state index in [9.17, 15) is 10.1 Å². The number of aryl methyl sites for hydroxylation is 1. The monoisotopic (exact) mass is 284 g/mol. The van der Waals surface area contributed by atoms with Gasteiger partial charge in [-0.05, 0) is 56.7 Å². The molecule has 4 heteroatoms. The van der Waals surface area contributed by atoms with Gasteiger partial charge in [0.2, 0.25) is 0 Å². The first-order valence-corrected chi connectivity index (χ1v) is 7.53. The number of hydrogen-bond donors (Lipinski definition) is 1. The van der Waals surface area contributed by atoms with Crippen LogP contribution < -0.4 is 10.5 Å². The van der Waals surface area contributed by atoms with Gasteiger partial charge in [-0.25, -0.2) is 0 Å². The molecule has 3 rings (SSSR count). The van der Waals surface area contributed by atoms with Gasteiger partial charge in [0.1, 0.15) is 23.5 Å². The van der Waals surface area contributed by atoms with E-state index in [2.05, 4.69) is 6.07 Å². The molecule has 21 heavy (non-hydrogen) atoms. The summed E-state index contributed by atoms with van der Waals surface area (Å²) in [5.74, 6) is 0.368. The normalized spacial score (nSPS) is 23.3. The van der Waals surface area contributed by atoms with Crippen molar-refractivity contribution in [3.63, 3.8) is 0 Å². The molecule has 1 saturated carbocycles. The van der Waals surface area contributed by atoms with Crippen LogP contribution in [0.4, 0.5) is 0 Å². The van der Waals surface area contributed by atoms with Crippen LogP contribution in [0.15, 0.2) is 6.07 Å². The van der Waals surface area contributed by atoms with Crippen molar-refractivity contribution in [2.24, 2.45) is 5.73 Å². The first-order valence-electron chi connectivity index (χ1n) is 7.53. The summed E-state index contributed by atoms with van der Waals surface area (Å²) in [6, 6.07) is 3.39. The Bertz CT molecular complexity index is 652. The molecule has 1 unspecified atom stereocenters. The van der Waals surface area contributed by atoms with E-state index in [4.69, 9.17) is 10.5 Å². The number of carbonyl (C=O) groups excluding carboxylic acids is 1. The fraction of sp³-hybridized carbons (Fsp3) is 0.529. The fourth-order valence-electron chi connectivity index (χ4n) is 3.55. The molecular formula is C17H20N2O2. The highest BCUT2D eigenvalue weighted by atomic mass is 16.5. The lowest BCUT2D eigenvalue weighted by atomic mass is 9.74. The Morgan fingerprint density at radius 1 is 1.33 bits per heavy atom. The molecule has 0 bridgehead atoms. The van der Waals surface area contributed by atoms with Gasteiger partial charge in [-0.15, -0.1) is 0 Å². The number of carbonyl (C=O) groups is 1. The van der Waals surface area contributed by atoms with Gasteiger partial charge >= 0.3 is 0 Å². The lowest BCUT2D eigenvalue weighted by Crippen LogP contribution is -2.60. The minimum Gasteiger partial charge on any atom is -0.483 e. The molecule has 2 aliphatic rings. The van der Waals surface area contributed by atoms with E-state index in [0.717, 1.165) is 43.2 Å². The molecule has 1 aliphatic carbocycles. The van der Waals surface area contributed by atoms with Crippen molar-refractivity contribution in [2.75, 3.05) is 0 Å². The number of ether oxygens (including phenoxy) is 1. The van der Waals surface area contributed by atoms with Crippen LogP contribution in [0.5, 0.6) is 5.75 Å². The Balaban J connectivity index is 2.19. The Morgan fingerprint density at radius 2 is 2.00 bits per heavy atom. The number of nitrogens with two attached hydrogens (primary N) is 1. The molecule has 1 fully saturated rings. The highest BCUT2D eigenvalue weighted by Gasteiger charge is 2.49. The SMILES string of the molecule is Cc1cc2c(c(C#N)c1C)OC1(CCCCC1)C(N)C2=O. The summed E-state index contributed by atoms with van der Waals surface area (Å²) < 4.78 is 6.23. The summed E-state index contributed by atoms with van der Waals surface area (Å²) in [6.45, 7) is 3.80. The zero-order valence-electron chi connectivity index (χ0n) is 12.5. The van der Waals surface area contributed by atoms with Crippen LogP contribution in [0.2, 0.25) is 0 Å². The predicted molar refractivity (Wildman–Crippen MR) is 79.4 cm³/mol. The number of hydrogen-bond acceptors (Lipinski definition) is 4. The first kappa shape index (κ1) is 14.1. The van der Waals surface area contributed by atoms with E-state index >= 15 is 0 Å². The number of fused-ring (bicyclic) bond motifs is 1. The van der Waals surface area contributed by atoms with Gasteiger partial charge < -0.3 is 10.5 Å². The van der Waals surface area contributed by atoms with E-state index < -0.39 is 11.6 Å². The van der Waals surface area contributed by atoms with Gasteiger partial charge in [0, 0.05) is 0 Å². The van der Waals surface area contributed by atoms with E-state index in [1.54, 1.807) is 0 Å². The predicted octanol–water partition coefficient (Wildman–Crippen LogP) is 2.78. The van der Waals surface area contributed by atoms with Gasteiger partial charge in [0.15, 0.2) is 5.78 Å². The molecular weight excluding hydrogens is 264 g/mol. The second kappa shape index (κ2) is 4.85. The van der Waals surface area contributed by atoms with Crippen LogP contribution in [0, 0.1) is 25.2 Å². The Labute approximate surface area is 124 Å². The summed E-state index contributed by atoms with van der Waals surface area (Å²) in [5, 5.41) is 9.47. The third-order valence-electron chi connectivity index (χ3n) is 5.03. The van der Waals surface area contributed by atoms with Gasteiger partial charge in [-0.1, -0.05) is 6.42 Å². The van der Waals surface area contributed by atoms with Crippen molar-refractivity contribution in [1.29, 1.82) is 5.26 Å². The molecule has 2 N–H and O–H groups in total. The maximum Gasteiger partial charge on any atom is 0.187 e. The molecule has 0 radical (unpaired) electrons. The molecule has 0 amide bonds. The number of benzene rings is 1. The minimum absolute atomic E-state index is 0.0854. The second-order valence-corrected chi connectivity index (χ2v) is 6.25. The van der Waals surface area contributed by atoms with Crippen molar-refractivity contribution < 1.29 is 9.53 Å². The van der Waals surface area contributed by atoms with Crippen LogP contribution in [-0.4, -0.2) is 17.4 Å². The average Bonchev–Trinajstić information content (AvgIpc) is 2.49. The van der Waals surface area contributed by atoms with Gasteiger partial charge in [0.05, 0.1) is 11.1 Å². The van der Waals surface area contributed by atoms with Crippen LogP contribution in [0.3, 0.4) is 0 Å². The number of rotatable bonds is 0. The molecule has 1 atom stereocenters. The summed E-state index contributed by atoms with van der Waals surface area (Å²) in [5.41, 5.74) is 8.37. The molecule has 110 valence electrons. The maximum absolute atomic E-state index is 12.7. The zero-order valence-corrected chi connectivity index (χ0v) is 12.5. The highest BCUT2D eigenvalue weighted by Crippen LogP contribution is 2.43. The van der Waals surface area contributed by atoms with Crippen molar-refractivity contribution >= 4 is 5.78 Å². The van der Waals surface area contributed by atoms with Crippen LogP contribution in [0.25, 0.3) is 0 Å². The summed E-state index contributed by atoms with van der Waals surface area (Å²) in [7, 11) is 0. The first-order chi connectivity index (χ1) is 10.00. The average molecular weight is 284 g/mol. The molecule has 1 spiro atoms. The van der Waals surface area contributed by atoms with E-state index in [0.29, 0.717) is 16.9 Å². The third kappa shape index (κ3) is 1.96. The zero-order chi connectivity index (χ0) is 15.2. The van der Waals surface area contributed by atoms with Crippen molar-refractivity contribution in [1.82, 2.24) is 0 Å². The summed E-state index contributed by atoms with van der Waals surface area (Å²) >= 11 is 0. The number of nitriles is 1. The van der Waals surface area contributed by atoms with Crippen molar-refractivity contribution in [3.05, 3.63) is 28.3 Å². The van der Waals surface area contributed by atoms with E-state index in [-0.39, 0.29) is 5.78 Å². The summed E-state index contributed by atoms with van der Waals surface area (Å²) in [6.07, 6.45) is 4.76. The lowest BCUT2D eigenvalue weighted by Gasteiger charge is -2.45. The van der Waals surface area contributed by atoms with Gasteiger partial charge in [-0.3, -0.25) is 4.79 Å². The van der Waals surface area contributed by atoms with Crippen molar-refractivity contribution in [2.45, 2.75) is 57.6 Å². The molecule has 1 aliphatic heterocycles. The largest absolute Gasteiger partial charge is 0.483 e. The van der Waals surface area contributed by atoms with E-state index in [1.165, 1.54) is 0 Å². The summed E-state index contributed by atoms with van der Waals surface area (Å²) in [4.78, 5) is 12.7. The molecule has 1 heterocycles. The molecule has 0 aromatic heterocycles.